The summed E-state index contributed by atoms with van der Waals surface area (Å²) in [6, 6.07) is 14.5. The van der Waals surface area contributed by atoms with Gasteiger partial charge in [0.1, 0.15) is 11.6 Å². The Morgan fingerprint density at radius 1 is 1.15 bits per heavy atom. The molecule has 1 aliphatic carbocycles. The fourth-order valence-corrected chi connectivity index (χ4v) is 3.04. The van der Waals surface area contributed by atoms with Crippen LogP contribution in [0.5, 0.6) is 0 Å². The summed E-state index contributed by atoms with van der Waals surface area (Å²) in [5.74, 6) is -0.203. The van der Waals surface area contributed by atoms with Crippen LogP contribution in [0.1, 0.15) is 24.0 Å². The van der Waals surface area contributed by atoms with E-state index < -0.39 is 0 Å². The minimum Gasteiger partial charge on any atom is -0.298 e. The summed E-state index contributed by atoms with van der Waals surface area (Å²) >= 11 is 3.32. The van der Waals surface area contributed by atoms with Crippen LogP contribution in [-0.2, 0) is 16.6 Å². The lowest BCUT2D eigenvalue weighted by molar-refractivity contribution is -0.120. The molecule has 0 N–H and O–H groups in total. The third-order valence-corrected chi connectivity index (χ3v) is 4.46. The van der Waals surface area contributed by atoms with Crippen molar-refractivity contribution in [3.8, 4) is 0 Å². The van der Waals surface area contributed by atoms with E-state index in [1.165, 1.54) is 6.07 Å². The molecule has 0 saturated heterocycles. The van der Waals surface area contributed by atoms with Gasteiger partial charge in [-0.2, -0.15) is 0 Å². The van der Waals surface area contributed by atoms with Crippen LogP contribution < -0.4 is 0 Å². The van der Waals surface area contributed by atoms with E-state index in [0.29, 0.717) is 5.56 Å². The molecule has 0 bridgehead atoms. The summed E-state index contributed by atoms with van der Waals surface area (Å²) in [6.07, 6.45) is 1.89. The molecule has 20 heavy (non-hydrogen) atoms. The molecule has 1 fully saturated rings. The van der Waals surface area contributed by atoms with Gasteiger partial charge in [-0.25, -0.2) is 4.39 Å². The maximum atomic E-state index is 13.8. The quantitative estimate of drug-likeness (QED) is 0.809. The van der Waals surface area contributed by atoms with E-state index in [2.05, 4.69) is 15.9 Å². The van der Waals surface area contributed by atoms with Crippen molar-refractivity contribution in [2.45, 2.75) is 24.7 Å². The Labute approximate surface area is 126 Å². The highest BCUT2D eigenvalue weighted by atomic mass is 79.9. The summed E-state index contributed by atoms with van der Waals surface area (Å²) in [5.41, 5.74) is 1.14. The Bertz CT molecular complexity index is 647. The molecule has 0 atom stereocenters. The maximum Gasteiger partial charge on any atom is 0.147 e. The average molecular weight is 333 g/mol. The van der Waals surface area contributed by atoms with E-state index in [9.17, 15) is 9.18 Å². The number of Topliss-reactive ketones (excluding diaryl/α,β-unsaturated/α-hetero) is 1. The van der Waals surface area contributed by atoms with Gasteiger partial charge in [-0.3, -0.25) is 4.79 Å². The molecular formula is C17H14BrFO. The van der Waals surface area contributed by atoms with Crippen LogP contribution in [0.15, 0.2) is 53.0 Å². The van der Waals surface area contributed by atoms with Crippen LogP contribution in [0, 0.1) is 5.82 Å². The van der Waals surface area contributed by atoms with Crippen LogP contribution in [0.4, 0.5) is 4.39 Å². The molecule has 3 heteroatoms. The Hall–Kier alpha value is -1.48. The van der Waals surface area contributed by atoms with Gasteiger partial charge in [0.25, 0.3) is 0 Å². The third kappa shape index (κ3) is 2.42. The lowest BCUT2D eigenvalue weighted by Gasteiger charge is -2.15. The minimum absolute atomic E-state index is 0.112. The first-order valence-electron chi connectivity index (χ1n) is 6.65. The number of halogens is 2. The number of hydrogen-bond acceptors (Lipinski definition) is 1. The molecule has 2 aromatic carbocycles. The molecule has 3 rings (SSSR count). The van der Waals surface area contributed by atoms with Crippen molar-refractivity contribution < 1.29 is 9.18 Å². The molecule has 0 aromatic heterocycles. The van der Waals surface area contributed by atoms with Gasteiger partial charge in [-0.1, -0.05) is 46.3 Å². The monoisotopic (exact) mass is 332 g/mol. The first kappa shape index (κ1) is 13.5. The van der Waals surface area contributed by atoms with Gasteiger partial charge in [0, 0.05) is 10.9 Å². The maximum absolute atomic E-state index is 13.8. The SMILES string of the molecule is O=C(Cc1cc(Br)ccc1F)C1(c2ccccc2)CC1. The highest BCUT2D eigenvalue weighted by molar-refractivity contribution is 9.10. The van der Waals surface area contributed by atoms with Crippen LogP contribution in [0.25, 0.3) is 0 Å². The molecule has 0 amide bonds. The summed E-state index contributed by atoms with van der Waals surface area (Å²) in [7, 11) is 0. The standard InChI is InChI=1S/C17H14BrFO/c18-14-6-7-15(19)12(10-14)11-16(20)17(8-9-17)13-4-2-1-3-5-13/h1-7,10H,8-9,11H2. The first-order chi connectivity index (χ1) is 9.62. The Morgan fingerprint density at radius 2 is 1.85 bits per heavy atom. The summed E-state index contributed by atoms with van der Waals surface area (Å²) < 4.78 is 14.6. The normalized spacial score (nSPS) is 15.9. The summed E-state index contributed by atoms with van der Waals surface area (Å²) in [5, 5.41) is 0. The van der Waals surface area contributed by atoms with Gasteiger partial charge in [-0.15, -0.1) is 0 Å². The molecule has 0 unspecified atom stereocenters. The van der Waals surface area contributed by atoms with Crippen molar-refractivity contribution in [3.05, 3.63) is 69.9 Å². The topological polar surface area (TPSA) is 17.1 Å². The van der Waals surface area contributed by atoms with Crippen LogP contribution in [0.2, 0.25) is 0 Å². The highest BCUT2D eigenvalue weighted by Gasteiger charge is 2.50. The molecule has 2 aromatic rings. The summed E-state index contributed by atoms with van der Waals surface area (Å²) in [6.45, 7) is 0. The van der Waals surface area contributed by atoms with E-state index >= 15 is 0 Å². The number of benzene rings is 2. The van der Waals surface area contributed by atoms with Crippen molar-refractivity contribution in [1.29, 1.82) is 0 Å². The smallest absolute Gasteiger partial charge is 0.147 e. The number of carbonyl (C=O) groups is 1. The Morgan fingerprint density at radius 3 is 2.50 bits per heavy atom. The molecule has 102 valence electrons. The van der Waals surface area contributed by atoms with Gasteiger partial charge < -0.3 is 0 Å². The second kappa shape index (κ2) is 5.13. The molecule has 0 heterocycles. The molecule has 0 spiro atoms. The number of hydrogen-bond donors (Lipinski definition) is 0. The molecule has 1 saturated carbocycles. The zero-order valence-corrected chi connectivity index (χ0v) is 12.5. The van der Waals surface area contributed by atoms with E-state index in [0.717, 1.165) is 22.9 Å². The van der Waals surface area contributed by atoms with Gasteiger partial charge in [0.2, 0.25) is 0 Å². The van der Waals surface area contributed by atoms with Crippen molar-refractivity contribution in [2.24, 2.45) is 0 Å². The fraction of sp³-hybridized carbons (Fsp3) is 0.235. The van der Waals surface area contributed by atoms with Crippen LogP contribution >= 0.6 is 15.9 Å². The third-order valence-electron chi connectivity index (χ3n) is 3.97. The molecule has 0 aliphatic heterocycles. The summed E-state index contributed by atoms with van der Waals surface area (Å²) in [4.78, 5) is 12.6. The van der Waals surface area contributed by atoms with E-state index in [-0.39, 0.29) is 23.4 Å². The lowest BCUT2D eigenvalue weighted by Crippen LogP contribution is -2.22. The van der Waals surface area contributed by atoms with Crippen molar-refractivity contribution in [1.82, 2.24) is 0 Å². The molecular weight excluding hydrogens is 319 g/mol. The van der Waals surface area contributed by atoms with Gasteiger partial charge >= 0.3 is 0 Å². The van der Waals surface area contributed by atoms with Gasteiger partial charge in [0.15, 0.2) is 0 Å². The number of carbonyl (C=O) groups excluding carboxylic acids is 1. The zero-order valence-electron chi connectivity index (χ0n) is 10.9. The van der Waals surface area contributed by atoms with E-state index in [1.54, 1.807) is 12.1 Å². The van der Waals surface area contributed by atoms with Crippen LogP contribution in [-0.4, -0.2) is 5.78 Å². The number of ketones is 1. The molecule has 0 radical (unpaired) electrons. The molecule has 1 nitrogen and oxygen atoms in total. The first-order valence-corrected chi connectivity index (χ1v) is 7.44. The minimum atomic E-state index is -0.379. The van der Waals surface area contributed by atoms with E-state index in [4.69, 9.17) is 0 Å². The van der Waals surface area contributed by atoms with Crippen LogP contribution in [0.3, 0.4) is 0 Å². The Balaban J connectivity index is 1.85. The van der Waals surface area contributed by atoms with Crippen molar-refractivity contribution in [2.75, 3.05) is 0 Å². The highest BCUT2D eigenvalue weighted by Crippen LogP contribution is 2.49. The van der Waals surface area contributed by atoms with Gasteiger partial charge in [-0.05, 0) is 42.2 Å². The average Bonchev–Trinajstić information content (AvgIpc) is 3.25. The van der Waals surface area contributed by atoms with Crippen molar-refractivity contribution in [3.63, 3.8) is 0 Å². The van der Waals surface area contributed by atoms with E-state index in [1.807, 2.05) is 30.3 Å². The predicted octanol–water partition coefficient (Wildman–Crippen LogP) is 4.43. The Kier molecular flexibility index (Phi) is 3.47. The second-order valence-electron chi connectivity index (χ2n) is 5.28. The lowest BCUT2D eigenvalue weighted by atomic mass is 9.88. The predicted molar refractivity (Wildman–Crippen MR) is 80.2 cm³/mol. The second-order valence-corrected chi connectivity index (χ2v) is 6.20. The largest absolute Gasteiger partial charge is 0.298 e. The van der Waals surface area contributed by atoms with Gasteiger partial charge in [0.05, 0.1) is 5.41 Å². The molecule has 1 aliphatic rings. The van der Waals surface area contributed by atoms with Crippen molar-refractivity contribution >= 4 is 21.7 Å². The number of rotatable bonds is 4. The zero-order chi connectivity index (χ0) is 14.2. The fourth-order valence-electron chi connectivity index (χ4n) is 2.63.